The number of halogens is 1. The Balaban J connectivity index is 1.47. The van der Waals surface area contributed by atoms with Crippen LogP contribution in [0.5, 0.6) is 0 Å². The number of carbonyl (C=O) groups is 1. The van der Waals surface area contributed by atoms with Gasteiger partial charge in [-0.15, -0.1) is 0 Å². The van der Waals surface area contributed by atoms with Gasteiger partial charge >= 0.3 is 0 Å². The van der Waals surface area contributed by atoms with Crippen LogP contribution in [0.25, 0.3) is 22.6 Å². The van der Waals surface area contributed by atoms with Crippen molar-refractivity contribution in [2.24, 2.45) is 0 Å². The highest BCUT2D eigenvalue weighted by atomic mass is 35.5. The van der Waals surface area contributed by atoms with E-state index in [4.69, 9.17) is 16.0 Å². The Bertz CT molecular complexity index is 1200. The lowest BCUT2D eigenvalue weighted by Crippen LogP contribution is -2.29. The highest BCUT2D eigenvalue weighted by molar-refractivity contribution is 7.85. The van der Waals surface area contributed by atoms with Crippen molar-refractivity contribution in [1.82, 2.24) is 9.71 Å². The standard InChI is InChI=1S/C21H16ClN3O3S/c1-13-2-4-14(5-3-13)20(26)25-29(27)24-17-10-11-19-18(12-17)23-21(28-19)15-6-8-16(22)9-7-15/h2-12,24H,1H3,(H,25,26)/t29-/m0/s1. The molecule has 1 heterocycles. The van der Waals surface area contributed by atoms with Crippen LogP contribution in [0.4, 0.5) is 5.69 Å². The van der Waals surface area contributed by atoms with E-state index < -0.39 is 17.1 Å². The number of rotatable bonds is 5. The molecule has 3 aromatic carbocycles. The van der Waals surface area contributed by atoms with Crippen LogP contribution in [0.1, 0.15) is 15.9 Å². The van der Waals surface area contributed by atoms with Crippen LogP contribution in [0.3, 0.4) is 0 Å². The van der Waals surface area contributed by atoms with Gasteiger partial charge < -0.3 is 4.42 Å². The molecule has 0 fully saturated rings. The van der Waals surface area contributed by atoms with Crippen molar-refractivity contribution >= 4 is 45.5 Å². The summed E-state index contributed by atoms with van der Waals surface area (Å²) in [5, 5.41) is 0.631. The molecule has 0 aliphatic carbocycles. The first-order chi connectivity index (χ1) is 14.0. The lowest BCUT2D eigenvalue weighted by molar-refractivity contribution is 0.0983. The Labute approximate surface area is 174 Å². The Morgan fingerprint density at radius 2 is 1.76 bits per heavy atom. The van der Waals surface area contributed by atoms with Crippen molar-refractivity contribution in [2.45, 2.75) is 6.92 Å². The molecule has 4 rings (SSSR count). The van der Waals surface area contributed by atoms with Gasteiger partial charge in [-0.05, 0) is 61.5 Å². The van der Waals surface area contributed by atoms with Gasteiger partial charge in [0.05, 0.1) is 5.69 Å². The van der Waals surface area contributed by atoms with Gasteiger partial charge in [0.2, 0.25) is 17.1 Å². The molecule has 0 aliphatic rings. The number of anilines is 1. The summed E-state index contributed by atoms with van der Waals surface area (Å²) in [6.07, 6.45) is 0. The smallest absolute Gasteiger partial charge is 0.264 e. The summed E-state index contributed by atoms with van der Waals surface area (Å²) >= 11 is 4.11. The number of carbonyl (C=O) groups excluding carboxylic acids is 1. The Morgan fingerprint density at radius 1 is 1.03 bits per heavy atom. The van der Waals surface area contributed by atoms with Crippen LogP contribution >= 0.6 is 11.6 Å². The normalized spacial score (nSPS) is 11.9. The average Bonchev–Trinajstić information content (AvgIpc) is 3.12. The molecule has 0 unspecified atom stereocenters. The third kappa shape index (κ3) is 4.47. The molecule has 1 amide bonds. The quantitative estimate of drug-likeness (QED) is 0.477. The number of fused-ring (bicyclic) bond motifs is 1. The van der Waals surface area contributed by atoms with Gasteiger partial charge in [-0.3, -0.25) is 14.2 Å². The lowest BCUT2D eigenvalue weighted by Gasteiger charge is -2.07. The molecule has 2 N–H and O–H groups in total. The van der Waals surface area contributed by atoms with E-state index in [1.807, 2.05) is 31.2 Å². The van der Waals surface area contributed by atoms with Crippen LogP contribution in [0.15, 0.2) is 71.1 Å². The van der Waals surface area contributed by atoms with Gasteiger partial charge in [0.1, 0.15) is 5.52 Å². The maximum atomic E-state index is 12.3. The first-order valence-corrected chi connectivity index (χ1v) is 10.2. The maximum absolute atomic E-state index is 12.3. The van der Waals surface area contributed by atoms with Crippen LogP contribution < -0.4 is 9.44 Å². The van der Waals surface area contributed by atoms with Gasteiger partial charge in [0, 0.05) is 16.1 Å². The molecular formula is C21H16ClN3O3S. The van der Waals surface area contributed by atoms with E-state index in [0.717, 1.165) is 11.1 Å². The maximum Gasteiger partial charge on any atom is 0.264 e. The third-order valence-corrected chi connectivity index (χ3v) is 5.23. The predicted molar refractivity (Wildman–Crippen MR) is 115 cm³/mol. The summed E-state index contributed by atoms with van der Waals surface area (Å²) in [7, 11) is 0. The number of benzene rings is 3. The van der Waals surface area contributed by atoms with Crippen molar-refractivity contribution < 1.29 is 13.4 Å². The van der Waals surface area contributed by atoms with Gasteiger partial charge in [-0.2, -0.15) is 0 Å². The number of nitrogens with one attached hydrogen (secondary N) is 2. The van der Waals surface area contributed by atoms with Gasteiger partial charge in [0.25, 0.3) is 5.91 Å². The number of aromatic nitrogens is 1. The molecule has 29 heavy (non-hydrogen) atoms. The Hall–Kier alpha value is -3.16. The second-order valence-electron chi connectivity index (χ2n) is 6.38. The second-order valence-corrected chi connectivity index (χ2v) is 7.76. The first-order valence-electron chi connectivity index (χ1n) is 8.70. The molecule has 0 bridgehead atoms. The largest absolute Gasteiger partial charge is 0.436 e. The van der Waals surface area contributed by atoms with E-state index >= 15 is 0 Å². The zero-order chi connectivity index (χ0) is 20.4. The van der Waals surface area contributed by atoms with Crippen molar-refractivity contribution in [3.05, 3.63) is 82.9 Å². The van der Waals surface area contributed by atoms with Gasteiger partial charge in [-0.25, -0.2) is 9.19 Å². The fraction of sp³-hybridized carbons (Fsp3) is 0.0476. The zero-order valence-corrected chi connectivity index (χ0v) is 16.9. The number of hydrogen-bond acceptors (Lipinski definition) is 4. The topological polar surface area (TPSA) is 84.2 Å². The minimum Gasteiger partial charge on any atom is -0.436 e. The average molecular weight is 426 g/mol. The lowest BCUT2D eigenvalue weighted by atomic mass is 10.1. The van der Waals surface area contributed by atoms with E-state index in [2.05, 4.69) is 14.4 Å². The summed E-state index contributed by atoms with van der Waals surface area (Å²) in [5.74, 6) is 0.0333. The summed E-state index contributed by atoms with van der Waals surface area (Å²) < 4.78 is 23.2. The van der Waals surface area contributed by atoms with E-state index in [-0.39, 0.29) is 0 Å². The Morgan fingerprint density at radius 3 is 2.48 bits per heavy atom. The molecule has 0 spiro atoms. The fourth-order valence-corrected chi connectivity index (χ4v) is 3.49. The number of aryl methyl sites for hydroxylation is 1. The molecule has 0 radical (unpaired) electrons. The van der Waals surface area contributed by atoms with Gasteiger partial charge in [0.15, 0.2) is 5.58 Å². The van der Waals surface area contributed by atoms with Crippen molar-refractivity contribution in [3.63, 3.8) is 0 Å². The highest BCUT2D eigenvalue weighted by Gasteiger charge is 2.12. The first kappa shape index (κ1) is 19.2. The summed E-state index contributed by atoms with van der Waals surface area (Å²) in [6.45, 7) is 1.93. The zero-order valence-electron chi connectivity index (χ0n) is 15.3. The van der Waals surface area contributed by atoms with E-state index in [1.165, 1.54) is 0 Å². The molecular weight excluding hydrogens is 410 g/mol. The third-order valence-electron chi connectivity index (χ3n) is 4.19. The summed E-state index contributed by atoms with van der Waals surface area (Å²) in [4.78, 5) is 16.6. The SMILES string of the molecule is Cc1ccc(C(=O)N[S@@](=O)Nc2ccc3oc(-c4ccc(Cl)cc4)nc3c2)cc1. The minimum absolute atomic E-state index is 0.427. The van der Waals surface area contributed by atoms with Crippen LogP contribution in [-0.2, 0) is 11.2 Å². The summed E-state index contributed by atoms with van der Waals surface area (Å²) in [6, 6.07) is 19.3. The number of nitrogens with zero attached hydrogens (tertiary/aromatic N) is 1. The molecule has 146 valence electrons. The molecule has 1 atom stereocenters. The van der Waals surface area contributed by atoms with E-state index in [1.54, 1.807) is 42.5 Å². The monoisotopic (exact) mass is 425 g/mol. The van der Waals surface area contributed by atoms with E-state index in [9.17, 15) is 9.00 Å². The fourth-order valence-electron chi connectivity index (χ4n) is 2.69. The second kappa shape index (κ2) is 8.06. The molecule has 0 saturated carbocycles. The molecule has 1 aromatic heterocycles. The molecule has 6 nitrogen and oxygen atoms in total. The minimum atomic E-state index is -1.80. The molecule has 8 heteroatoms. The van der Waals surface area contributed by atoms with Crippen molar-refractivity contribution in [2.75, 3.05) is 4.72 Å². The highest BCUT2D eigenvalue weighted by Crippen LogP contribution is 2.27. The molecule has 0 saturated heterocycles. The van der Waals surface area contributed by atoms with Crippen LogP contribution in [0.2, 0.25) is 5.02 Å². The number of amides is 1. The van der Waals surface area contributed by atoms with Gasteiger partial charge in [-0.1, -0.05) is 29.3 Å². The molecule has 0 aliphatic heterocycles. The van der Waals surface area contributed by atoms with E-state index in [0.29, 0.717) is 33.3 Å². The van der Waals surface area contributed by atoms with Crippen molar-refractivity contribution in [1.29, 1.82) is 0 Å². The van der Waals surface area contributed by atoms with Crippen molar-refractivity contribution in [3.8, 4) is 11.5 Å². The number of hydrogen-bond donors (Lipinski definition) is 2. The number of oxazole rings is 1. The van der Waals surface area contributed by atoms with Crippen LogP contribution in [0, 0.1) is 6.92 Å². The Kier molecular flexibility index (Phi) is 5.33. The van der Waals surface area contributed by atoms with Crippen LogP contribution in [-0.4, -0.2) is 15.1 Å². The molecule has 4 aromatic rings. The predicted octanol–water partition coefficient (Wildman–Crippen LogP) is 4.88. The summed E-state index contributed by atoms with van der Waals surface area (Å²) in [5.41, 5.74) is 4.01.